The van der Waals surface area contributed by atoms with Crippen molar-refractivity contribution in [2.45, 2.75) is 39.9 Å². The average Bonchev–Trinajstić information content (AvgIpc) is 2.67. The number of carbonyl (C=O) groups is 4. The maximum Gasteiger partial charge on any atom is 0.348 e. The molecule has 0 heterocycles. The zero-order valence-corrected chi connectivity index (χ0v) is 16.9. The van der Waals surface area contributed by atoms with Gasteiger partial charge in [0.25, 0.3) is 0 Å². The van der Waals surface area contributed by atoms with Crippen LogP contribution in [0.25, 0.3) is 0 Å². The second kappa shape index (κ2) is 10.8. The standard InChI is InChI=1S/C22H22O8/c1-14(23)28-19-10-9-18(11-20(19)29-15(2)24)12-21(30-16(3)25)22(26)27-13-17-7-5-4-6-8-17/h4-11,21H,12-13H2,1-3H3/t21-/m0/s1. The lowest BCUT2D eigenvalue weighted by Gasteiger charge is -2.17. The van der Waals surface area contributed by atoms with E-state index in [0.29, 0.717) is 5.56 Å². The largest absolute Gasteiger partial charge is 0.458 e. The molecule has 0 aromatic heterocycles. The molecule has 0 N–H and O–H groups in total. The molecule has 2 aromatic rings. The van der Waals surface area contributed by atoms with Crippen LogP contribution in [0.15, 0.2) is 48.5 Å². The van der Waals surface area contributed by atoms with Crippen molar-refractivity contribution < 1.29 is 38.1 Å². The Kier molecular flexibility index (Phi) is 8.10. The molecule has 0 amide bonds. The lowest BCUT2D eigenvalue weighted by Crippen LogP contribution is -2.30. The number of benzene rings is 2. The van der Waals surface area contributed by atoms with Crippen LogP contribution in [0.4, 0.5) is 0 Å². The van der Waals surface area contributed by atoms with Crippen LogP contribution in [0, 0.1) is 0 Å². The van der Waals surface area contributed by atoms with E-state index < -0.39 is 30.0 Å². The fourth-order valence-corrected chi connectivity index (χ4v) is 2.56. The van der Waals surface area contributed by atoms with E-state index in [-0.39, 0.29) is 24.5 Å². The fourth-order valence-electron chi connectivity index (χ4n) is 2.56. The van der Waals surface area contributed by atoms with Gasteiger partial charge < -0.3 is 18.9 Å². The average molecular weight is 414 g/mol. The molecular weight excluding hydrogens is 392 g/mol. The highest BCUT2D eigenvalue weighted by atomic mass is 16.6. The van der Waals surface area contributed by atoms with Crippen molar-refractivity contribution in [1.82, 2.24) is 0 Å². The van der Waals surface area contributed by atoms with E-state index in [9.17, 15) is 19.2 Å². The molecule has 0 saturated heterocycles. The van der Waals surface area contributed by atoms with E-state index in [1.54, 1.807) is 18.2 Å². The quantitative estimate of drug-likeness (QED) is 0.480. The second-order valence-electron chi connectivity index (χ2n) is 6.36. The minimum Gasteiger partial charge on any atom is -0.458 e. The topological polar surface area (TPSA) is 105 Å². The van der Waals surface area contributed by atoms with Crippen LogP contribution in [0.5, 0.6) is 11.5 Å². The fraction of sp³-hybridized carbons (Fsp3) is 0.273. The van der Waals surface area contributed by atoms with Crippen molar-refractivity contribution >= 4 is 23.9 Å². The number of esters is 4. The summed E-state index contributed by atoms with van der Waals surface area (Å²) in [6.45, 7) is 3.63. The molecule has 0 bridgehead atoms. The van der Waals surface area contributed by atoms with E-state index in [0.717, 1.165) is 5.56 Å². The molecule has 0 unspecified atom stereocenters. The third-order valence-electron chi connectivity index (χ3n) is 3.73. The third kappa shape index (κ3) is 7.38. The molecule has 158 valence electrons. The van der Waals surface area contributed by atoms with Gasteiger partial charge >= 0.3 is 23.9 Å². The summed E-state index contributed by atoms with van der Waals surface area (Å²) in [6.07, 6.45) is -1.22. The molecule has 1 atom stereocenters. The Morgan fingerprint density at radius 2 is 1.40 bits per heavy atom. The van der Waals surface area contributed by atoms with Crippen LogP contribution in [0.1, 0.15) is 31.9 Å². The molecule has 0 aliphatic heterocycles. The molecule has 0 radical (unpaired) electrons. The van der Waals surface area contributed by atoms with Gasteiger partial charge in [0.1, 0.15) is 6.61 Å². The van der Waals surface area contributed by atoms with Gasteiger partial charge in [-0.05, 0) is 23.3 Å². The zero-order valence-electron chi connectivity index (χ0n) is 16.9. The zero-order chi connectivity index (χ0) is 22.1. The molecule has 2 aromatic carbocycles. The molecule has 0 fully saturated rings. The van der Waals surface area contributed by atoms with Crippen LogP contribution < -0.4 is 9.47 Å². The van der Waals surface area contributed by atoms with Crippen LogP contribution in [-0.4, -0.2) is 30.0 Å². The number of ether oxygens (including phenoxy) is 4. The maximum atomic E-state index is 12.5. The third-order valence-corrected chi connectivity index (χ3v) is 3.73. The van der Waals surface area contributed by atoms with E-state index in [1.165, 1.54) is 32.9 Å². The van der Waals surface area contributed by atoms with E-state index in [4.69, 9.17) is 18.9 Å². The Bertz CT molecular complexity index is 920. The number of carbonyl (C=O) groups excluding carboxylic acids is 4. The first-order chi connectivity index (χ1) is 14.2. The smallest absolute Gasteiger partial charge is 0.348 e. The predicted octanol–water partition coefficient (Wildman–Crippen LogP) is 2.75. The van der Waals surface area contributed by atoms with Gasteiger partial charge in [-0.1, -0.05) is 36.4 Å². The molecule has 0 saturated carbocycles. The number of rotatable bonds is 8. The van der Waals surface area contributed by atoms with Crippen LogP contribution in [-0.2, 0) is 41.7 Å². The van der Waals surface area contributed by atoms with Gasteiger partial charge in [-0.3, -0.25) is 14.4 Å². The van der Waals surface area contributed by atoms with Gasteiger partial charge in [0, 0.05) is 27.2 Å². The van der Waals surface area contributed by atoms with Crippen LogP contribution in [0.2, 0.25) is 0 Å². The number of hydrogen-bond acceptors (Lipinski definition) is 8. The van der Waals surface area contributed by atoms with Gasteiger partial charge in [-0.2, -0.15) is 0 Å². The Morgan fingerprint density at radius 3 is 2.00 bits per heavy atom. The van der Waals surface area contributed by atoms with Crippen molar-refractivity contribution in [3.8, 4) is 11.5 Å². The Labute approximate surface area is 173 Å². The molecule has 8 heteroatoms. The van der Waals surface area contributed by atoms with Crippen LogP contribution >= 0.6 is 0 Å². The van der Waals surface area contributed by atoms with E-state index in [1.807, 2.05) is 18.2 Å². The summed E-state index contributed by atoms with van der Waals surface area (Å²) in [5.41, 5.74) is 1.29. The second-order valence-corrected chi connectivity index (χ2v) is 6.36. The first-order valence-electron chi connectivity index (χ1n) is 9.12. The van der Waals surface area contributed by atoms with Crippen molar-refractivity contribution in [2.24, 2.45) is 0 Å². The summed E-state index contributed by atoms with van der Waals surface area (Å²) in [7, 11) is 0. The highest BCUT2D eigenvalue weighted by Crippen LogP contribution is 2.29. The lowest BCUT2D eigenvalue weighted by molar-refractivity contribution is -0.167. The predicted molar refractivity (Wildman–Crippen MR) is 105 cm³/mol. The van der Waals surface area contributed by atoms with Crippen molar-refractivity contribution in [1.29, 1.82) is 0 Å². The summed E-state index contributed by atoms with van der Waals surface area (Å²) < 4.78 is 20.5. The highest BCUT2D eigenvalue weighted by molar-refractivity contribution is 5.79. The molecule has 2 rings (SSSR count). The molecule has 0 aliphatic carbocycles. The molecule has 0 spiro atoms. The highest BCUT2D eigenvalue weighted by Gasteiger charge is 2.25. The summed E-state index contributed by atoms with van der Waals surface area (Å²) >= 11 is 0. The summed E-state index contributed by atoms with van der Waals surface area (Å²) in [5.74, 6) is -2.50. The van der Waals surface area contributed by atoms with E-state index in [2.05, 4.69) is 0 Å². The van der Waals surface area contributed by atoms with Gasteiger partial charge in [0.2, 0.25) is 6.10 Å². The van der Waals surface area contributed by atoms with E-state index >= 15 is 0 Å². The van der Waals surface area contributed by atoms with Crippen molar-refractivity contribution in [3.63, 3.8) is 0 Å². The Morgan fingerprint density at radius 1 is 0.767 bits per heavy atom. The monoisotopic (exact) mass is 414 g/mol. The Balaban J connectivity index is 2.17. The summed E-state index contributed by atoms with van der Waals surface area (Å²) in [5, 5.41) is 0. The lowest BCUT2D eigenvalue weighted by atomic mass is 10.1. The number of hydrogen-bond donors (Lipinski definition) is 0. The van der Waals surface area contributed by atoms with Crippen molar-refractivity contribution in [2.75, 3.05) is 0 Å². The first kappa shape index (κ1) is 22.6. The van der Waals surface area contributed by atoms with Gasteiger partial charge in [-0.25, -0.2) is 4.79 Å². The molecule has 0 aliphatic rings. The molecule has 8 nitrogen and oxygen atoms in total. The SMILES string of the molecule is CC(=O)Oc1ccc(C[C@H](OC(C)=O)C(=O)OCc2ccccc2)cc1OC(C)=O. The minimum atomic E-state index is -1.20. The van der Waals surface area contributed by atoms with Gasteiger partial charge in [0.05, 0.1) is 0 Å². The minimum absolute atomic E-state index is 0.00873. The maximum absolute atomic E-state index is 12.5. The van der Waals surface area contributed by atoms with Gasteiger partial charge in [0.15, 0.2) is 11.5 Å². The first-order valence-corrected chi connectivity index (χ1v) is 9.12. The molecular formula is C22H22O8. The summed E-state index contributed by atoms with van der Waals surface area (Å²) in [6, 6.07) is 13.5. The van der Waals surface area contributed by atoms with Crippen LogP contribution in [0.3, 0.4) is 0 Å². The van der Waals surface area contributed by atoms with Crippen molar-refractivity contribution in [3.05, 3.63) is 59.7 Å². The Hall–Kier alpha value is -3.68. The summed E-state index contributed by atoms with van der Waals surface area (Å²) in [4.78, 5) is 46.5. The molecule has 30 heavy (non-hydrogen) atoms. The van der Waals surface area contributed by atoms with Gasteiger partial charge in [-0.15, -0.1) is 0 Å². The normalized spacial score (nSPS) is 11.2.